The van der Waals surface area contributed by atoms with Gasteiger partial charge in [0.1, 0.15) is 18.0 Å². The quantitative estimate of drug-likeness (QED) is 0.641. The van der Waals surface area contributed by atoms with Crippen molar-refractivity contribution in [3.05, 3.63) is 29.3 Å². The van der Waals surface area contributed by atoms with Gasteiger partial charge < -0.3 is 19.5 Å². The Bertz CT molecular complexity index is 513. The number of alkyl carbamates (subject to hydrolysis) is 1. The van der Waals surface area contributed by atoms with Crippen molar-refractivity contribution in [2.75, 3.05) is 19.8 Å². The number of carbonyl (C=O) groups excluding carboxylic acids is 2. The molecule has 0 radical (unpaired) electrons. The van der Waals surface area contributed by atoms with E-state index in [4.69, 9.17) is 25.8 Å². The highest BCUT2D eigenvalue weighted by atomic mass is 35.5. The Morgan fingerprint density at radius 1 is 1.23 bits per heavy atom. The molecule has 1 amide bonds. The zero-order chi connectivity index (χ0) is 16.6. The number of nitrogens with one attached hydrogen (secondary N) is 1. The number of benzene rings is 1. The molecule has 1 aromatic carbocycles. The Labute approximate surface area is 134 Å². The van der Waals surface area contributed by atoms with Gasteiger partial charge in [0.25, 0.3) is 0 Å². The van der Waals surface area contributed by atoms with Crippen LogP contribution in [-0.2, 0) is 14.3 Å². The molecule has 122 valence electrons. The van der Waals surface area contributed by atoms with Crippen LogP contribution < -0.4 is 10.1 Å². The minimum Gasteiger partial charge on any atom is -0.480 e. The number of hydrogen-bond donors (Lipinski definition) is 1. The summed E-state index contributed by atoms with van der Waals surface area (Å²) < 4.78 is 15.2. The molecule has 0 spiro atoms. The maximum Gasteiger partial charge on any atom is 0.407 e. The second kappa shape index (κ2) is 8.48. The lowest BCUT2D eigenvalue weighted by Gasteiger charge is -2.19. The Balaban J connectivity index is 2.16. The monoisotopic (exact) mass is 329 g/mol. The van der Waals surface area contributed by atoms with E-state index < -0.39 is 17.7 Å². The first kappa shape index (κ1) is 18.1. The molecule has 0 aliphatic rings. The second-order valence-corrected chi connectivity index (χ2v) is 5.78. The normalized spacial score (nSPS) is 10.7. The number of halogens is 1. The summed E-state index contributed by atoms with van der Waals surface area (Å²) in [6.45, 7) is 5.23. The van der Waals surface area contributed by atoms with Crippen LogP contribution in [0.3, 0.4) is 0 Å². The van der Waals surface area contributed by atoms with Crippen LogP contribution in [0.1, 0.15) is 20.8 Å². The fourth-order valence-corrected chi connectivity index (χ4v) is 1.56. The lowest BCUT2D eigenvalue weighted by Crippen LogP contribution is -2.34. The van der Waals surface area contributed by atoms with Crippen LogP contribution in [0.4, 0.5) is 4.79 Å². The van der Waals surface area contributed by atoms with Gasteiger partial charge in [0.2, 0.25) is 0 Å². The van der Waals surface area contributed by atoms with E-state index in [2.05, 4.69) is 5.32 Å². The highest BCUT2D eigenvalue weighted by Crippen LogP contribution is 2.22. The Morgan fingerprint density at radius 3 is 2.55 bits per heavy atom. The number of esters is 1. The van der Waals surface area contributed by atoms with Gasteiger partial charge in [0, 0.05) is 0 Å². The summed E-state index contributed by atoms with van der Waals surface area (Å²) in [6.07, 6.45) is -0.559. The molecule has 22 heavy (non-hydrogen) atoms. The van der Waals surface area contributed by atoms with Crippen LogP contribution in [0.2, 0.25) is 5.02 Å². The average Bonchev–Trinajstić information content (AvgIpc) is 2.41. The molecule has 1 N–H and O–H groups in total. The van der Waals surface area contributed by atoms with E-state index >= 15 is 0 Å². The molecule has 0 aliphatic heterocycles. The Kier molecular flexibility index (Phi) is 6.98. The summed E-state index contributed by atoms with van der Waals surface area (Å²) in [7, 11) is 0. The predicted octanol–water partition coefficient (Wildman–Crippen LogP) is 2.79. The molecule has 0 aromatic heterocycles. The molecular weight excluding hydrogens is 310 g/mol. The second-order valence-electron chi connectivity index (χ2n) is 5.37. The van der Waals surface area contributed by atoms with Gasteiger partial charge in [-0.2, -0.15) is 0 Å². The van der Waals surface area contributed by atoms with Crippen molar-refractivity contribution in [2.24, 2.45) is 0 Å². The summed E-state index contributed by atoms with van der Waals surface area (Å²) in [5.74, 6) is -0.140. The van der Waals surface area contributed by atoms with Gasteiger partial charge in [-0.15, -0.1) is 0 Å². The van der Waals surface area contributed by atoms with E-state index in [0.717, 1.165) is 0 Å². The van der Waals surface area contributed by atoms with Gasteiger partial charge in [0.05, 0.1) is 11.6 Å². The fourth-order valence-electron chi connectivity index (χ4n) is 1.37. The van der Waals surface area contributed by atoms with Crippen LogP contribution in [0.5, 0.6) is 5.75 Å². The molecule has 1 rings (SSSR count). The summed E-state index contributed by atoms with van der Waals surface area (Å²) in [5.41, 5.74) is -0.566. The number of hydrogen-bond acceptors (Lipinski definition) is 5. The third-order valence-corrected chi connectivity index (χ3v) is 2.53. The van der Waals surface area contributed by atoms with Gasteiger partial charge in [-0.1, -0.05) is 23.7 Å². The van der Waals surface area contributed by atoms with Crippen molar-refractivity contribution in [3.63, 3.8) is 0 Å². The fraction of sp³-hybridized carbons (Fsp3) is 0.467. The Hall–Kier alpha value is -1.95. The maximum atomic E-state index is 11.5. The van der Waals surface area contributed by atoms with Crippen LogP contribution in [0.25, 0.3) is 0 Å². The van der Waals surface area contributed by atoms with Crippen LogP contribution in [-0.4, -0.2) is 37.4 Å². The van der Waals surface area contributed by atoms with Gasteiger partial charge in [-0.3, -0.25) is 0 Å². The minimum absolute atomic E-state index is 0.0317. The van der Waals surface area contributed by atoms with E-state index in [0.29, 0.717) is 10.8 Å². The smallest absolute Gasteiger partial charge is 0.407 e. The number of para-hydroxylation sites is 1. The molecule has 0 fully saturated rings. The molecule has 7 heteroatoms. The van der Waals surface area contributed by atoms with Crippen LogP contribution in [0.15, 0.2) is 24.3 Å². The number of ether oxygens (including phenoxy) is 3. The molecule has 0 saturated heterocycles. The lowest BCUT2D eigenvalue weighted by molar-refractivity contribution is -0.145. The first-order valence-electron chi connectivity index (χ1n) is 6.78. The molecule has 0 saturated carbocycles. The minimum atomic E-state index is -0.566. The molecule has 0 heterocycles. The van der Waals surface area contributed by atoms with Crippen molar-refractivity contribution >= 4 is 23.7 Å². The predicted molar refractivity (Wildman–Crippen MR) is 82.1 cm³/mol. The molecule has 6 nitrogen and oxygen atoms in total. The van der Waals surface area contributed by atoms with Crippen molar-refractivity contribution in [2.45, 2.75) is 26.4 Å². The lowest BCUT2D eigenvalue weighted by atomic mass is 10.2. The molecule has 0 aliphatic carbocycles. The zero-order valence-electron chi connectivity index (χ0n) is 12.8. The molecule has 1 aromatic rings. The van der Waals surface area contributed by atoms with E-state index in [1.54, 1.807) is 45.0 Å². The molecule has 0 unspecified atom stereocenters. The van der Waals surface area contributed by atoms with Crippen molar-refractivity contribution < 1.29 is 23.8 Å². The Morgan fingerprint density at radius 2 is 1.91 bits per heavy atom. The topological polar surface area (TPSA) is 73.9 Å². The summed E-state index contributed by atoms with van der Waals surface area (Å²) in [4.78, 5) is 22.8. The molecule has 0 bridgehead atoms. The standard InChI is InChI=1S/C15H20ClNO5/c1-15(2,3)22-14(19)17-8-9-20-13(18)10-21-12-7-5-4-6-11(12)16/h4-7H,8-10H2,1-3H3,(H,17,19). The molecular formula is C15H20ClNO5. The third kappa shape index (κ3) is 7.73. The maximum absolute atomic E-state index is 11.5. The van der Waals surface area contributed by atoms with E-state index in [1.165, 1.54) is 0 Å². The van der Waals surface area contributed by atoms with Gasteiger partial charge >= 0.3 is 12.1 Å². The number of amides is 1. The van der Waals surface area contributed by atoms with E-state index in [-0.39, 0.29) is 19.8 Å². The largest absolute Gasteiger partial charge is 0.480 e. The van der Waals surface area contributed by atoms with Crippen LogP contribution >= 0.6 is 11.6 Å². The number of carbonyl (C=O) groups is 2. The van der Waals surface area contributed by atoms with E-state index in [9.17, 15) is 9.59 Å². The van der Waals surface area contributed by atoms with Crippen LogP contribution in [0, 0.1) is 0 Å². The van der Waals surface area contributed by atoms with E-state index in [1.807, 2.05) is 0 Å². The van der Waals surface area contributed by atoms with Gasteiger partial charge in [-0.25, -0.2) is 9.59 Å². The van der Waals surface area contributed by atoms with Gasteiger partial charge in [-0.05, 0) is 32.9 Å². The first-order valence-corrected chi connectivity index (χ1v) is 7.15. The number of rotatable bonds is 6. The first-order chi connectivity index (χ1) is 10.3. The third-order valence-electron chi connectivity index (χ3n) is 2.22. The highest BCUT2D eigenvalue weighted by molar-refractivity contribution is 6.32. The van der Waals surface area contributed by atoms with Crippen molar-refractivity contribution in [3.8, 4) is 5.75 Å². The van der Waals surface area contributed by atoms with Crippen molar-refractivity contribution in [1.82, 2.24) is 5.32 Å². The zero-order valence-corrected chi connectivity index (χ0v) is 13.6. The van der Waals surface area contributed by atoms with Crippen molar-refractivity contribution in [1.29, 1.82) is 0 Å². The SMILES string of the molecule is CC(C)(C)OC(=O)NCCOC(=O)COc1ccccc1Cl. The summed E-state index contributed by atoms with van der Waals surface area (Å²) in [6, 6.07) is 6.82. The summed E-state index contributed by atoms with van der Waals surface area (Å²) in [5, 5.41) is 2.90. The average molecular weight is 330 g/mol. The highest BCUT2D eigenvalue weighted by Gasteiger charge is 2.15. The molecule has 0 atom stereocenters. The van der Waals surface area contributed by atoms with Gasteiger partial charge in [0.15, 0.2) is 6.61 Å². The summed E-state index contributed by atoms with van der Waals surface area (Å²) >= 11 is 5.88.